The molecule has 0 spiro atoms. The van der Waals surface area contributed by atoms with Gasteiger partial charge in [0.1, 0.15) is 0 Å². The summed E-state index contributed by atoms with van der Waals surface area (Å²) >= 11 is 12.7. The first-order chi connectivity index (χ1) is 12.2. The second-order valence-electron chi connectivity index (χ2n) is 6.34. The minimum Gasteiger partial charge on any atom is -0.339 e. The summed E-state index contributed by atoms with van der Waals surface area (Å²) in [5, 5.41) is 13.4. The van der Waals surface area contributed by atoms with E-state index >= 15 is 0 Å². The van der Waals surface area contributed by atoms with Crippen molar-refractivity contribution in [2.24, 2.45) is 0 Å². The highest BCUT2D eigenvalue weighted by Gasteiger charge is 2.43. The fourth-order valence-electron chi connectivity index (χ4n) is 3.57. The lowest BCUT2D eigenvalue weighted by Crippen LogP contribution is -2.26. The lowest BCUT2D eigenvalue weighted by atomic mass is 9.78. The van der Waals surface area contributed by atoms with Crippen LogP contribution in [0.3, 0.4) is 0 Å². The lowest BCUT2D eigenvalue weighted by Gasteiger charge is -2.27. The van der Waals surface area contributed by atoms with Gasteiger partial charge in [0.25, 0.3) is 0 Å². The van der Waals surface area contributed by atoms with Gasteiger partial charge in [-0.1, -0.05) is 46.4 Å². The zero-order valence-corrected chi connectivity index (χ0v) is 15.0. The Morgan fingerprint density at radius 2 is 2.04 bits per heavy atom. The number of benzene rings is 1. The number of rotatable bonds is 5. The predicted octanol–water partition coefficient (Wildman–Crippen LogP) is 4.07. The van der Waals surface area contributed by atoms with Crippen LogP contribution in [-0.2, 0) is 18.4 Å². The SMILES string of the molecule is Clc1ccc(Cl)c(C2(c3noc(CCn4ccnn4)n3)CCCC2)c1. The third-order valence-electron chi connectivity index (χ3n) is 4.82. The first-order valence-electron chi connectivity index (χ1n) is 8.30. The van der Waals surface area contributed by atoms with E-state index < -0.39 is 0 Å². The molecule has 1 aliphatic carbocycles. The van der Waals surface area contributed by atoms with Crippen LogP contribution in [0.25, 0.3) is 0 Å². The standard InChI is InChI=1S/C17H17Cl2N5O/c18-12-3-4-14(19)13(11-12)17(6-1-2-7-17)16-21-15(25-22-16)5-9-24-10-8-20-23-24/h3-4,8,10-11H,1-2,5-7,9H2. The molecule has 1 aromatic carbocycles. The van der Waals surface area contributed by atoms with Crippen LogP contribution in [0.5, 0.6) is 0 Å². The van der Waals surface area contributed by atoms with Crippen molar-refractivity contribution >= 4 is 23.2 Å². The van der Waals surface area contributed by atoms with E-state index in [2.05, 4.69) is 20.5 Å². The third kappa shape index (κ3) is 3.16. The van der Waals surface area contributed by atoms with Gasteiger partial charge in [0.05, 0.1) is 18.2 Å². The number of nitrogens with zero attached hydrogens (tertiary/aromatic N) is 5. The number of hydrogen-bond donors (Lipinski definition) is 0. The smallest absolute Gasteiger partial charge is 0.228 e. The van der Waals surface area contributed by atoms with Gasteiger partial charge in [0.2, 0.25) is 5.89 Å². The van der Waals surface area contributed by atoms with Crippen LogP contribution in [0, 0.1) is 0 Å². The van der Waals surface area contributed by atoms with Crippen LogP contribution in [0.2, 0.25) is 10.0 Å². The minimum atomic E-state index is -0.322. The van der Waals surface area contributed by atoms with Crippen molar-refractivity contribution < 1.29 is 4.52 Å². The Morgan fingerprint density at radius 1 is 1.20 bits per heavy atom. The molecule has 4 rings (SSSR count). The normalized spacial score (nSPS) is 16.4. The highest BCUT2D eigenvalue weighted by Crippen LogP contribution is 2.48. The van der Waals surface area contributed by atoms with Gasteiger partial charge < -0.3 is 4.52 Å². The summed E-state index contributed by atoms with van der Waals surface area (Å²) < 4.78 is 7.23. The molecule has 0 unspecified atom stereocenters. The molecule has 2 heterocycles. The summed E-state index contributed by atoms with van der Waals surface area (Å²) in [4.78, 5) is 4.67. The molecule has 0 saturated heterocycles. The molecule has 1 saturated carbocycles. The average Bonchev–Trinajstić information content (AvgIpc) is 3.36. The van der Waals surface area contributed by atoms with E-state index in [0.29, 0.717) is 34.7 Å². The summed E-state index contributed by atoms with van der Waals surface area (Å²) in [6.45, 7) is 0.645. The molecule has 0 aliphatic heterocycles. The molecule has 25 heavy (non-hydrogen) atoms. The Morgan fingerprint density at radius 3 is 2.80 bits per heavy atom. The molecular formula is C17H17Cl2N5O. The Hall–Kier alpha value is -1.92. The summed E-state index contributed by atoms with van der Waals surface area (Å²) in [5.41, 5.74) is 0.666. The molecule has 2 aromatic heterocycles. The van der Waals surface area contributed by atoms with Crippen molar-refractivity contribution in [1.29, 1.82) is 0 Å². The summed E-state index contributed by atoms with van der Waals surface area (Å²) in [6.07, 6.45) is 8.15. The first kappa shape index (κ1) is 16.5. The Balaban J connectivity index is 1.64. The maximum Gasteiger partial charge on any atom is 0.228 e. The molecule has 8 heteroatoms. The Labute approximate surface area is 155 Å². The number of halogens is 2. The van der Waals surface area contributed by atoms with E-state index in [1.807, 2.05) is 18.3 Å². The topological polar surface area (TPSA) is 69.6 Å². The molecule has 0 bridgehead atoms. The van der Waals surface area contributed by atoms with E-state index in [1.54, 1.807) is 16.9 Å². The fraction of sp³-hybridized carbons (Fsp3) is 0.412. The van der Waals surface area contributed by atoms with E-state index in [1.165, 1.54) is 0 Å². The fourth-order valence-corrected chi connectivity index (χ4v) is 4.04. The maximum atomic E-state index is 6.49. The molecule has 0 N–H and O–H groups in total. The van der Waals surface area contributed by atoms with E-state index in [9.17, 15) is 0 Å². The zero-order chi connectivity index (χ0) is 17.3. The number of aromatic nitrogens is 5. The Kier molecular flexibility index (Phi) is 4.48. The average molecular weight is 378 g/mol. The molecule has 1 aliphatic rings. The van der Waals surface area contributed by atoms with E-state index in [0.717, 1.165) is 31.2 Å². The van der Waals surface area contributed by atoms with Crippen molar-refractivity contribution in [2.45, 2.75) is 44.1 Å². The van der Waals surface area contributed by atoms with Crippen LogP contribution in [0.4, 0.5) is 0 Å². The molecule has 0 amide bonds. The molecule has 130 valence electrons. The lowest BCUT2D eigenvalue weighted by molar-refractivity contribution is 0.352. The van der Waals surface area contributed by atoms with Crippen molar-refractivity contribution in [3.05, 3.63) is 57.9 Å². The second-order valence-corrected chi connectivity index (χ2v) is 7.18. The molecule has 0 radical (unpaired) electrons. The molecular weight excluding hydrogens is 361 g/mol. The largest absolute Gasteiger partial charge is 0.339 e. The Bertz CT molecular complexity index is 856. The van der Waals surface area contributed by atoms with Gasteiger partial charge in [-0.3, -0.25) is 4.68 Å². The zero-order valence-electron chi connectivity index (χ0n) is 13.5. The van der Waals surface area contributed by atoms with Gasteiger partial charge in [-0.25, -0.2) is 0 Å². The van der Waals surface area contributed by atoms with Gasteiger partial charge in [-0.2, -0.15) is 4.98 Å². The number of hydrogen-bond acceptors (Lipinski definition) is 5. The molecule has 1 fully saturated rings. The summed E-state index contributed by atoms with van der Waals surface area (Å²) in [5.74, 6) is 1.29. The van der Waals surface area contributed by atoms with Crippen molar-refractivity contribution in [3.8, 4) is 0 Å². The predicted molar refractivity (Wildman–Crippen MR) is 93.7 cm³/mol. The highest BCUT2D eigenvalue weighted by atomic mass is 35.5. The first-order valence-corrected chi connectivity index (χ1v) is 9.06. The van der Waals surface area contributed by atoms with Crippen LogP contribution >= 0.6 is 23.2 Å². The molecule has 0 atom stereocenters. The van der Waals surface area contributed by atoms with Gasteiger partial charge in [-0.15, -0.1) is 5.10 Å². The molecule has 3 aromatic rings. The van der Waals surface area contributed by atoms with Crippen molar-refractivity contribution in [2.75, 3.05) is 0 Å². The number of aryl methyl sites for hydroxylation is 2. The van der Waals surface area contributed by atoms with Crippen molar-refractivity contribution in [1.82, 2.24) is 25.1 Å². The van der Waals surface area contributed by atoms with E-state index in [4.69, 9.17) is 27.7 Å². The third-order valence-corrected chi connectivity index (χ3v) is 5.39. The van der Waals surface area contributed by atoms with Crippen molar-refractivity contribution in [3.63, 3.8) is 0 Å². The highest BCUT2D eigenvalue weighted by molar-refractivity contribution is 6.33. The van der Waals surface area contributed by atoms with Gasteiger partial charge in [0, 0.05) is 22.7 Å². The van der Waals surface area contributed by atoms with Crippen LogP contribution in [0.1, 0.15) is 43.0 Å². The molecule has 6 nitrogen and oxygen atoms in total. The van der Waals surface area contributed by atoms with Crippen LogP contribution in [0.15, 0.2) is 35.1 Å². The second kappa shape index (κ2) is 6.77. The summed E-state index contributed by atoms with van der Waals surface area (Å²) in [6, 6.07) is 5.57. The van der Waals surface area contributed by atoms with Gasteiger partial charge in [-0.05, 0) is 36.6 Å². The van der Waals surface area contributed by atoms with Gasteiger partial charge in [0.15, 0.2) is 5.82 Å². The summed E-state index contributed by atoms with van der Waals surface area (Å²) in [7, 11) is 0. The van der Waals surface area contributed by atoms with Gasteiger partial charge >= 0.3 is 0 Å². The van der Waals surface area contributed by atoms with Crippen LogP contribution < -0.4 is 0 Å². The monoisotopic (exact) mass is 377 g/mol. The minimum absolute atomic E-state index is 0.322. The maximum absolute atomic E-state index is 6.49. The van der Waals surface area contributed by atoms with Crippen LogP contribution in [-0.4, -0.2) is 25.1 Å². The van der Waals surface area contributed by atoms with E-state index in [-0.39, 0.29) is 5.41 Å². The quantitative estimate of drug-likeness (QED) is 0.669.